The summed E-state index contributed by atoms with van der Waals surface area (Å²) < 4.78 is 15.4. The molecule has 5 heteroatoms. The highest BCUT2D eigenvalue weighted by Crippen LogP contribution is 2.42. The van der Waals surface area contributed by atoms with Gasteiger partial charge in [0.2, 0.25) is 5.79 Å². The Morgan fingerprint density at radius 1 is 1.54 bits per heavy atom. The Hall–Kier alpha value is -0.780. The highest BCUT2D eigenvalue weighted by atomic mass is 16.7. The summed E-state index contributed by atoms with van der Waals surface area (Å²) in [5.74, 6) is -1.18. The van der Waals surface area contributed by atoms with E-state index in [1.807, 2.05) is 0 Å². The maximum absolute atomic E-state index is 11.2. The van der Waals surface area contributed by atoms with Crippen molar-refractivity contribution in [1.29, 1.82) is 5.41 Å². The second kappa shape index (κ2) is 2.60. The molecule has 0 aromatic carbocycles. The van der Waals surface area contributed by atoms with Gasteiger partial charge < -0.3 is 19.6 Å². The molecule has 72 valence electrons. The van der Waals surface area contributed by atoms with E-state index in [9.17, 15) is 4.79 Å². The Labute approximate surface area is 75.5 Å². The molecule has 1 saturated heterocycles. The second-order valence-electron chi connectivity index (χ2n) is 3.17. The van der Waals surface area contributed by atoms with E-state index < -0.39 is 18.0 Å². The van der Waals surface area contributed by atoms with Gasteiger partial charge in [-0.1, -0.05) is 0 Å². The fraction of sp³-hybridized carbons (Fsp3) is 0.750. The molecule has 0 spiro atoms. The molecular weight excluding hydrogens is 174 g/mol. The monoisotopic (exact) mass is 185 g/mol. The molecule has 2 unspecified atom stereocenters. The number of hydrogen-bond donors (Lipinski definition) is 1. The molecule has 0 amide bonds. The van der Waals surface area contributed by atoms with Crippen molar-refractivity contribution in [3.63, 3.8) is 0 Å². The second-order valence-corrected chi connectivity index (χ2v) is 3.17. The van der Waals surface area contributed by atoms with Crippen molar-refractivity contribution in [1.82, 2.24) is 0 Å². The van der Waals surface area contributed by atoms with Crippen LogP contribution in [0.4, 0.5) is 0 Å². The molecule has 1 N–H and O–H groups in total. The van der Waals surface area contributed by atoms with Gasteiger partial charge in [0.05, 0.1) is 12.1 Å². The number of Topliss-reactive ketones (excluding diaryl/α,β-unsaturated/α-hetero) is 1. The normalized spacial score (nSPS) is 35.8. The summed E-state index contributed by atoms with van der Waals surface area (Å²) in [7, 11) is 2.90. The molecule has 1 heterocycles. The molecule has 0 aromatic rings. The molecule has 0 bridgehead atoms. The van der Waals surface area contributed by atoms with Gasteiger partial charge >= 0.3 is 0 Å². The van der Waals surface area contributed by atoms with Gasteiger partial charge in [-0.2, -0.15) is 0 Å². The first-order valence-corrected chi connectivity index (χ1v) is 4.02. The fourth-order valence-electron chi connectivity index (χ4n) is 1.78. The lowest BCUT2D eigenvalue weighted by Gasteiger charge is -2.31. The van der Waals surface area contributed by atoms with Gasteiger partial charge in [0, 0.05) is 14.2 Å². The molecule has 1 aliphatic carbocycles. The highest BCUT2D eigenvalue weighted by molar-refractivity contribution is 6.10. The van der Waals surface area contributed by atoms with Gasteiger partial charge in [-0.3, -0.25) is 4.79 Å². The summed E-state index contributed by atoms with van der Waals surface area (Å²) in [5, 5.41) is 7.63. The van der Waals surface area contributed by atoms with E-state index in [0.29, 0.717) is 0 Å². The lowest BCUT2D eigenvalue weighted by Crippen LogP contribution is -2.52. The summed E-state index contributed by atoms with van der Waals surface area (Å²) in [6, 6.07) is 0. The molecule has 2 rings (SSSR count). The van der Waals surface area contributed by atoms with E-state index in [4.69, 9.17) is 19.6 Å². The molecule has 0 radical (unpaired) electrons. The molecular formula is C8H11NO4. The van der Waals surface area contributed by atoms with Crippen LogP contribution in [-0.2, 0) is 19.0 Å². The molecule has 1 saturated carbocycles. The summed E-state index contributed by atoms with van der Waals surface area (Å²) >= 11 is 0. The number of ether oxygens (including phenoxy) is 3. The molecule has 13 heavy (non-hydrogen) atoms. The van der Waals surface area contributed by atoms with Crippen LogP contribution >= 0.6 is 0 Å². The first kappa shape index (κ1) is 8.80. The average molecular weight is 185 g/mol. The highest BCUT2D eigenvalue weighted by Gasteiger charge is 2.65. The first-order valence-electron chi connectivity index (χ1n) is 4.02. The number of ketones is 1. The zero-order valence-electron chi connectivity index (χ0n) is 7.49. The van der Waals surface area contributed by atoms with Crippen molar-refractivity contribution in [2.24, 2.45) is 0 Å². The quantitative estimate of drug-likeness (QED) is 0.475. The maximum Gasteiger partial charge on any atom is 0.238 e. The van der Waals surface area contributed by atoms with Crippen molar-refractivity contribution in [2.45, 2.75) is 24.4 Å². The standard InChI is InChI=1S/C8H11NO4/c1-11-8(12-2)5(9)3-4(10)6-7(8)13-6/h6-7,9H,3H2,1-2H3. The van der Waals surface area contributed by atoms with E-state index in [1.54, 1.807) is 0 Å². The number of carbonyl (C=O) groups excluding carboxylic acids is 1. The number of fused-ring (bicyclic) bond motifs is 1. The van der Waals surface area contributed by atoms with E-state index in [-0.39, 0.29) is 17.9 Å². The van der Waals surface area contributed by atoms with Gasteiger partial charge in [-0.05, 0) is 0 Å². The molecule has 2 aliphatic rings. The van der Waals surface area contributed by atoms with Crippen LogP contribution in [-0.4, -0.2) is 43.7 Å². The Bertz CT molecular complexity index is 271. The minimum absolute atomic E-state index is 0.0558. The van der Waals surface area contributed by atoms with Crippen molar-refractivity contribution in [3.05, 3.63) is 0 Å². The summed E-state index contributed by atoms with van der Waals surface area (Å²) in [4.78, 5) is 11.2. The van der Waals surface area contributed by atoms with Crippen LogP contribution < -0.4 is 0 Å². The van der Waals surface area contributed by atoms with Crippen LogP contribution in [0.3, 0.4) is 0 Å². The lowest BCUT2D eigenvalue weighted by molar-refractivity contribution is -0.170. The number of carbonyl (C=O) groups is 1. The zero-order chi connectivity index (χ0) is 9.64. The Morgan fingerprint density at radius 3 is 2.69 bits per heavy atom. The molecule has 0 aromatic heterocycles. The summed E-state index contributed by atoms with van der Waals surface area (Å²) in [6.45, 7) is 0. The van der Waals surface area contributed by atoms with Crippen molar-refractivity contribution in [2.75, 3.05) is 14.2 Å². The van der Waals surface area contributed by atoms with Crippen LogP contribution in [0.5, 0.6) is 0 Å². The van der Waals surface area contributed by atoms with Gasteiger partial charge in [-0.15, -0.1) is 0 Å². The number of hydrogen-bond acceptors (Lipinski definition) is 5. The van der Waals surface area contributed by atoms with Gasteiger partial charge in [0.1, 0.15) is 6.10 Å². The van der Waals surface area contributed by atoms with Crippen molar-refractivity contribution >= 4 is 11.5 Å². The zero-order valence-corrected chi connectivity index (χ0v) is 7.49. The van der Waals surface area contributed by atoms with Crippen molar-refractivity contribution in [3.8, 4) is 0 Å². The van der Waals surface area contributed by atoms with Crippen LogP contribution in [0.25, 0.3) is 0 Å². The van der Waals surface area contributed by atoms with Crippen molar-refractivity contribution < 1.29 is 19.0 Å². The summed E-state index contributed by atoms with van der Waals surface area (Å²) in [6.07, 6.45) is -0.784. The topological polar surface area (TPSA) is 71.9 Å². The Kier molecular flexibility index (Phi) is 1.76. The Balaban J connectivity index is 2.29. The predicted octanol–water partition coefficient (Wildman–Crippen LogP) is -0.265. The van der Waals surface area contributed by atoms with E-state index in [1.165, 1.54) is 14.2 Å². The van der Waals surface area contributed by atoms with Gasteiger partial charge in [0.25, 0.3) is 0 Å². The third-order valence-electron chi connectivity index (χ3n) is 2.56. The molecule has 1 aliphatic heterocycles. The molecule has 2 atom stereocenters. The molecule has 5 nitrogen and oxygen atoms in total. The van der Waals surface area contributed by atoms with Gasteiger partial charge in [0.15, 0.2) is 11.9 Å². The number of rotatable bonds is 2. The van der Waals surface area contributed by atoms with E-state index >= 15 is 0 Å². The average Bonchev–Trinajstić information content (AvgIpc) is 2.87. The van der Waals surface area contributed by atoms with Crippen LogP contribution in [0.2, 0.25) is 0 Å². The smallest absolute Gasteiger partial charge is 0.238 e. The number of methoxy groups -OCH3 is 2. The Morgan fingerprint density at radius 2 is 2.15 bits per heavy atom. The van der Waals surface area contributed by atoms with Crippen LogP contribution in [0.1, 0.15) is 6.42 Å². The summed E-state index contributed by atoms with van der Waals surface area (Å²) in [5.41, 5.74) is 0.140. The van der Waals surface area contributed by atoms with E-state index in [0.717, 1.165) is 0 Å². The predicted molar refractivity (Wildman–Crippen MR) is 42.8 cm³/mol. The third-order valence-corrected chi connectivity index (χ3v) is 2.56. The SMILES string of the molecule is COC1(OC)C(=N)CC(=O)C2OC21. The lowest BCUT2D eigenvalue weighted by atomic mass is 9.91. The first-order chi connectivity index (χ1) is 6.15. The minimum atomic E-state index is -1.13. The van der Waals surface area contributed by atoms with Crippen LogP contribution in [0, 0.1) is 5.41 Å². The van der Waals surface area contributed by atoms with E-state index in [2.05, 4.69) is 0 Å². The van der Waals surface area contributed by atoms with Gasteiger partial charge in [-0.25, -0.2) is 0 Å². The van der Waals surface area contributed by atoms with Crippen LogP contribution in [0.15, 0.2) is 0 Å². The number of epoxide rings is 1. The maximum atomic E-state index is 11.2. The minimum Gasteiger partial charge on any atom is -0.355 e. The molecule has 2 fully saturated rings. The third kappa shape index (κ3) is 0.979. The largest absolute Gasteiger partial charge is 0.355 e. The number of nitrogens with one attached hydrogen (secondary N) is 1. The fourth-order valence-corrected chi connectivity index (χ4v) is 1.78.